The molecule has 0 spiro atoms. The van der Waals surface area contributed by atoms with E-state index in [0.717, 1.165) is 23.2 Å². The Labute approximate surface area is 132 Å². The number of halogens is 3. The molecule has 0 saturated carbocycles. The van der Waals surface area contributed by atoms with Gasteiger partial charge in [-0.05, 0) is 53.9 Å². The lowest BCUT2D eigenvalue weighted by molar-refractivity contribution is 0.273. The normalized spacial score (nSPS) is 24.4. The minimum Gasteiger partial charge on any atom is -0.369 e. The summed E-state index contributed by atoms with van der Waals surface area (Å²) in [5.41, 5.74) is 1.07. The van der Waals surface area contributed by atoms with E-state index >= 15 is 0 Å². The van der Waals surface area contributed by atoms with E-state index in [2.05, 4.69) is 31.8 Å². The van der Waals surface area contributed by atoms with Gasteiger partial charge >= 0.3 is 0 Å². The lowest BCUT2D eigenvalue weighted by Crippen LogP contribution is -2.36. The molecule has 1 aromatic carbocycles. The lowest BCUT2D eigenvalue weighted by atomic mass is 10.2. The third-order valence-corrected chi connectivity index (χ3v) is 5.92. The van der Waals surface area contributed by atoms with Gasteiger partial charge in [0.25, 0.3) is 0 Å². The van der Waals surface area contributed by atoms with E-state index in [1.807, 2.05) is 6.07 Å². The fourth-order valence-electron chi connectivity index (χ4n) is 3.19. The molecule has 1 unspecified atom stereocenters. The van der Waals surface area contributed by atoms with Crippen LogP contribution in [0.5, 0.6) is 0 Å². The Balaban J connectivity index is 1.87. The van der Waals surface area contributed by atoms with Crippen LogP contribution in [0.2, 0.25) is 10.0 Å². The van der Waals surface area contributed by atoms with Crippen LogP contribution in [0, 0.1) is 0 Å². The van der Waals surface area contributed by atoms with Crippen molar-refractivity contribution in [2.45, 2.75) is 25.3 Å². The summed E-state index contributed by atoms with van der Waals surface area (Å²) in [6, 6.07) is 4.74. The molecule has 0 aliphatic carbocycles. The maximum Gasteiger partial charge on any atom is 0.0837 e. The zero-order valence-electron chi connectivity index (χ0n) is 10.7. The van der Waals surface area contributed by atoms with Crippen molar-refractivity contribution >= 4 is 44.8 Å². The van der Waals surface area contributed by atoms with Gasteiger partial charge in [-0.1, -0.05) is 23.2 Å². The first-order valence-electron chi connectivity index (χ1n) is 6.79. The summed E-state index contributed by atoms with van der Waals surface area (Å²) in [5, 5.41) is 1.29. The topological polar surface area (TPSA) is 6.48 Å². The second-order valence-electron chi connectivity index (χ2n) is 5.33. The van der Waals surface area contributed by atoms with E-state index in [9.17, 15) is 0 Å². The van der Waals surface area contributed by atoms with E-state index in [0.29, 0.717) is 16.1 Å². The van der Waals surface area contributed by atoms with Gasteiger partial charge in [-0.25, -0.2) is 0 Å². The third-order valence-electron chi connectivity index (χ3n) is 4.16. The van der Waals surface area contributed by atoms with Crippen LogP contribution >= 0.6 is 39.1 Å². The first-order chi connectivity index (χ1) is 9.16. The molecule has 1 atom stereocenters. The molecule has 0 amide bonds. The number of anilines is 1. The Kier molecular flexibility index (Phi) is 4.28. The van der Waals surface area contributed by atoms with Gasteiger partial charge in [0.05, 0.1) is 15.7 Å². The molecule has 0 N–H and O–H groups in total. The zero-order chi connectivity index (χ0) is 13.4. The summed E-state index contributed by atoms with van der Waals surface area (Å²) >= 11 is 16.1. The van der Waals surface area contributed by atoms with Crippen molar-refractivity contribution in [3.63, 3.8) is 0 Å². The van der Waals surface area contributed by atoms with Crippen LogP contribution in [0.1, 0.15) is 19.3 Å². The number of fused-ring (bicyclic) bond motifs is 1. The fraction of sp³-hybridized carbons (Fsp3) is 0.571. The molecular formula is C14H17BrCl2N2. The molecule has 2 nitrogen and oxygen atoms in total. The summed E-state index contributed by atoms with van der Waals surface area (Å²) in [5.74, 6) is 0. The Morgan fingerprint density at radius 1 is 1.05 bits per heavy atom. The number of benzene rings is 1. The molecule has 0 bridgehead atoms. The van der Waals surface area contributed by atoms with E-state index in [1.54, 1.807) is 0 Å². The largest absolute Gasteiger partial charge is 0.369 e. The zero-order valence-corrected chi connectivity index (χ0v) is 13.8. The average molecular weight is 364 g/mol. The maximum absolute atomic E-state index is 6.41. The quantitative estimate of drug-likeness (QED) is 0.681. The first kappa shape index (κ1) is 14.0. The molecule has 2 fully saturated rings. The monoisotopic (exact) mass is 362 g/mol. The Bertz CT molecular complexity index is 481. The van der Waals surface area contributed by atoms with Gasteiger partial charge in [0.15, 0.2) is 0 Å². The molecule has 2 aliphatic heterocycles. The summed E-state index contributed by atoms with van der Waals surface area (Å²) in [7, 11) is 0. The van der Waals surface area contributed by atoms with Crippen molar-refractivity contribution < 1.29 is 0 Å². The van der Waals surface area contributed by atoms with Gasteiger partial charge in [0.2, 0.25) is 0 Å². The van der Waals surface area contributed by atoms with Crippen molar-refractivity contribution in [3.8, 4) is 0 Å². The van der Waals surface area contributed by atoms with E-state index < -0.39 is 0 Å². The fourth-order valence-corrected chi connectivity index (χ4v) is 4.07. The molecule has 19 heavy (non-hydrogen) atoms. The molecule has 2 saturated heterocycles. The third kappa shape index (κ3) is 2.76. The Hall–Kier alpha value is 0.0400. The predicted molar refractivity (Wildman–Crippen MR) is 85.6 cm³/mol. The van der Waals surface area contributed by atoms with Crippen molar-refractivity contribution in [2.24, 2.45) is 0 Å². The van der Waals surface area contributed by atoms with Crippen LogP contribution in [-0.2, 0) is 0 Å². The molecule has 0 aromatic heterocycles. The highest BCUT2D eigenvalue weighted by atomic mass is 79.9. The van der Waals surface area contributed by atoms with E-state index in [4.69, 9.17) is 23.2 Å². The minimum atomic E-state index is 0.617. The summed E-state index contributed by atoms with van der Waals surface area (Å²) in [6.45, 7) is 4.60. The van der Waals surface area contributed by atoms with Gasteiger partial charge in [-0.2, -0.15) is 0 Å². The Morgan fingerprint density at radius 3 is 2.68 bits per heavy atom. The van der Waals surface area contributed by atoms with Crippen LogP contribution in [0.15, 0.2) is 16.6 Å². The van der Waals surface area contributed by atoms with E-state index in [-0.39, 0.29) is 0 Å². The number of hydrogen-bond donors (Lipinski definition) is 0. The summed E-state index contributed by atoms with van der Waals surface area (Å²) < 4.78 is 0.861. The average Bonchev–Trinajstić information content (AvgIpc) is 2.74. The lowest BCUT2D eigenvalue weighted by Gasteiger charge is -2.28. The molecule has 104 valence electrons. The van der Waals surface area contributed by atoms with Crippen molar-refractivity contribution in [1.82, 2.24) is 4.90 Å². The first-order valence-corrected chi connectivity index (χ1v) is 8.34. The summed E-state index contributed by atoms with van der Waals surface area (Å²) in [4.78, 5) is 5.02. The van der Waals surface area contributed by atoms with E-state index in [1.165, 1.54) is 32.4 Å². The smallest absolute Gasteiger partial charge is 0.0837 e. The second kappa shape index (κ2) is 5.80. The van der Waals surface area contributed by atoms with Crippen LogP contribution < -0.4 is 4.90 Å². The van der Waals surface area contributed by atoms with Gasteiger partial charge in [-0.15, -0.1) is 0 Å². The van der Waals surface area contributed by atoms with Gasteiger partial charge < -0.3 is 4.90 Å². The second-order valence-corrected chi connectivity index (χ2v) is 6.94. The number of nitrogens with zero attached hydrogens (tertiary/aromatic N) is 2. The molecule has 2 aliphatic rings. The summed E-state index contributed by atoms with van der Waals surface area (Å²) in [6.07, 6.45) is 3.83. The van der Waals surface area contributed by atoms with Crippen molar-refractivity contribution in [2.75, 3.05) is 31.1 Å². The van der Waals surface area contributed by atoms with Gasteiger partial charge in [-0.3, -0.25) is 4.90 Å². The highest BCUT2D eigenvalue weighted by Gasteiger charge is 2.29. The number of hydrogen-bond acceptors (Lipinski definition) is 2. The molecule has 0 radical (unpaired) electrons. The van der Waals surface area contributed by atoms with Gasteiger partial charge in [0.1, 0.15) is 0 Å². The number of rotatable bonds is 1. The molecule has 5 heteroatoms. The molecule has 2 heterocycles. The molecule has 3 rings (SSSR count). The maximum atomic E-state index is 6.41. The minimum absolute atomic E-state index is 0.617. The van der Waals surface area contributed by atoms with Gasteiger partial charge in [0, 0.05) is 30.1 Å². The standard InChI is InChI=1S/C14H17BrCl2N2/c15-11-4-5-12(14(17)13(11)16)19-8-2-7-18-6-1-3-10(18)9-19/h4-5,10H,1-3,6-9H2. The van der Waals surface area contributed by atoms with Crippen molar-refractivity contribution in [3.05, 3.63) is 26.7 Å². The van der Waals surface area contributed by atoms with Crippen LogP contribution in [0.4, 0.5) is 5.69 Å². The van der Waals surface area contributed by atoms with Crippen LogP contribution in [0.3, 0.4) is 0 Å². The molecule has 1 aromatic rings. The highest BCUT2D eigenvalue weighted by Crippen LogP contribution is 2.38. The van der Waals surface area contributed by atoms with Crippen LogP contribution in [0.25, 0.3) is 0 Å². The Morgan fingerprint density at radius 2 is 1.84 bits per heavy atom. The van der Waals surface area contributed by atoms with Crippen LogP contribution in [-0.4, -0.2) is 37.1 Å². The SMILES string of the molecule is Clc1c(Br)ccc(N2CCCN3CCCC3C2)c1Cl. The molecular weight excluding hydrogens is 347 g/mol. The van der Waals surface area contributed by atoms with Crippen molar-refractivity contribution in [1.29, 1.82) is 0 Å². The highest BCUT2D eigenvalue weighted by molar-refractivity contribution is 9.10. The predicted octanol–water partition coefficient (Wildman–Crippen LogP) is 4.43.